The van der Waals surface area contributed by atoms with Gasteiger partial charge in [0.15, 0.2) is 0 Å². The zero-order valence-electron chi connectivity index (χ0n) is 10.9. The van der Waals surface area contributed by atoms with Crippen molar-refractivity contribution >= 4 is 0 Å². The van der Waals surface area contributed by atoms with E-state index < -0.39 is 0 Å². The fourth-order valence-electron chi connectivity index (χ4n) is 2.05. The van der Waals surface area contributed by atoms with Crippen molar-refractivity contribution in [2.45, 2.75) is 26.3 Å². The summed E-state index contributed by atoms with van der Waals surface area (Å²) in [5.74, 6) is 0.355. The van der Waals surface area contributed by atoms with Gasteiger partial charge in [-0.1, -0.05) is 19.6 Å². The number of aliphatic hydroxyl groups is 1. The molecule has 0 aliphatic rings. The lowest BCUT2D eigenvalue weighted by atomic mass is 9.92. The number of methoxy groups -OCH3 is 1. The third kappa shape index (κ3) is 4.81. The minimum absolute atomic E-state index is 0.210. The highest BCUT2D eigenvalue weighted by Gasteiger charge is 2.22. The molecule has 0 saturated heterocycles. The lowest BCUT2D eigenvalue weighted by Gasteiger charge is -2.33. The first-order chi connectivity index (χ1) is 7.58. The van der Waals surface area contributed by atoms with Gasteiger partial charge in [0.05, 0.1) is 12.6 Å². The summed E-state index contributed by atoms with van der Waals surface area (Å²) in [6.45, 7) is 8.95. The average molecular weight is 227 g/mol. The van der Waals surface area contributed by atoms with E-state index in [4.69, 9.17) is 9.84 Å². The quantitative estimate of drug-likeness (QED) is 0.644. The molecule has 3 nitrogen and oxygen atoms in total. The molecule has 0 amide bonds. The Morgan fingerprint density at radius 1 is 1.56 bits per heavy atom. The lowest BCUT2D eigenvalue weighted by Crippen LogP contribution is -2.36. The molecule has 0 bridgehead atoms. The Morgan fingerprint density at radius 3 is 2.62 bits per heavy atom. The predicted octanol–water partition coefficient (Wildman–Crippen LogP) is 2.04. The number of hydrogen-bond acceptors (Lipinski definition) is 3. The molecule has 0 radical (unpaired) electrons. The van der Waals surface area contributed by atoms with E-state index in [1.165, 1.54) is 0 Å². The molecule has 0 heterocycles. The first-order valence-corrected chi connectivity index (χ1v) is 5.70. The van der Waals surface area contributed by atoms with Gasteiger partial charge in [-0.25, -0.2) is 0 Å². The van der Waals surface area contributed by atoms with Crippen LogP contribution in [0, 0.1) is 5.92 Å². The van der Waals surface area contributed by atoms with Gasteiger partial charge in [-0.15, -0.1) is 0 Å². The number of nitrogens with zero attached hydrogens (tertiary/aromatic N) is 1. The van der Waals surface area contributed by atoms with Crippen molar-refractivity contribution < 1.29 is 9.84 Å². The minimum atomic E-state index is 0.210. The van der Waals surface area contributed by atoms with E-state index in [9.17, 15) is 0 Å². The zero-order valence-corrected chi connectivity index (χ0v) is 10.9. The van der Waals surface area contributed by atoms with Gasteiger partial charge in [0.25, 0.3) is 0 Å². The van der Waals surface area contributed by atoms with E-state index in [1.54, 1.807) is 7.11 Å². The van der Waals surface area contributed by atoms with Crippen molar-refractivity contribution in [2.75, 3.05) is 27.4 Å². The highest BCUT2D eigenvalue weighted by molar-refractivity contribution is 5.10. The summed E-state index contributed by atoms with van der Waals surface area (Å²) in [6, 6.07) is 0.211. The Kier molecular flexibility index (Phi) is 7.95. The van der Waals surface area contributed by atoms with E-state index in [1.807, 2.05) is 26.2 Å². The van der Waals surface area contributed by atoms with Crippen molar-refractivity contribution in [3.8, 4) is 0 Å². The van der Waals surface area contributed by atoms with Crippen molar-refractivity contribution in [2.24, 2.45) is 5.92 Å². The fraction of sp³-hybridized carbons (Fsp3) is 0.692. The number of ether oxygens (including phenoxy) is 1. The molecule has 0 aromatic carbocycles. The molecule has 2 unspecified atom stereocenters. The van der Waals surface area contributed by atoms with Crippen LogP contribution >= 0.6 is 0 Å². The SMILES string of the molecule is C=C(COC)C(C(C)CCO)N(C)/C=C\C. The topological polar surface area (TPSA) is 32.7 Å². The monoisotopic (exact) mass is 227 g/mol. The summed E-state index contributed by atoms with van der Waals surface area (Å²) in [6.07, 6.45) is 4.80. The van der Waals surface area contributed by atoms with Crippen molar-refractivity contribution in [3.63, 3.8) is 0 Å². The van der Waals surface area contributed by atoms with E-state index in [2.05, 4.69) is 18.4 Å². The van der Waals surface area contributed by atoms with Crippen LogP contribution in [0.3, 0.4) is 0 Å². The number of allylic oxidation sites excluding steroid dienone is 1. The molecule has 1 N–H and O–H groups in total. The van der Waals surface area contributed by atoms with Crippen LogP contribution in [0.2, 0.25) is 0 Å². The van der Waals surface area contributed by atoms with E-state index >= 15 is 0 Å². The Balaban J connectivity index is 4.67. The molecule has 0 spiro atoms. The molecule has 0 fully saturated rings. The summed E-state index contributed by atoms with van der Waals surface area (Å²) in [5.41, 5.74) is 1.05. The molecule has 0 aliphatic carbocycles. The van der Waals surface area contributed by atoms with Gasteiger partial charge in [-0.05, 0) is 31.0 Å². The second kappa shape index (κ2) is 8.36. The van der Waals surface area contributed by atoms with Gasteiger partial charge in [-0.2, -0.15) is 0 Å². The van der Waals surface area contributed by atoms with Gasteiger partial charge in [0.1, 0.15) is 0 Å². The van der Waals surface area contributed by atoms with Crippen LogP contribution in [0.1, 0.15) is 20.3 Å². The molecule has 0 aromatic heterocycles. The second-order valence-electron chi connectivity index (χ2n) is 4.17. The molecule has 16 heavy (non-hydrogen) atoms. The van der Waals surface area contributed by atoms with Crippen LogP contribution in [0.5, 0.6) is 0 Å². The van der Waals surface area contributed by atoms with Gasteiger partial charge < -0.3 is 14.7 Å². The molecular weight excluding hydrogens is 202 g/mol. The molecular formula is C13H25NO2. The normalized spacial score (nSPS) is 15.1. The maximum Gasteiger partial charge on any atom is 0.0690 e. The van der Waals surface area contributed by atoms with Gasteiger partial charge in [0.2, 0.25) is 0 Å². The van der Waals surface area contributed by atoms with Crippen molar-refractivity contribution in [1.29, 1.82) is 0 Å². The highest BCUT2D eigenvalue weighted by atomic mass is 16.5. The minimum Gasteiger partial charge on any atom is -0.396 e. The zero-order chi connectivity index (χ0) is 12.6. The summed E-state index contributed by atoms with van der Waals surface area (Å²) < 4.78 is 5.13. The molecule has 3 heteroatoms. The Hall–Kier alpha value is -0.800. The Labute approximate surface area is 99.4 Å². The standard InChI is InChI=1S/C13H25NO2/c1-6-8-14(4)13(11(2)7-9-15)12(3)10-16-5/h6,8,11,13,15H,3,7,9-10H2,1-2,4-5H3/b8-6-. The summed E-state index contributed by atoms with van der Waals surface area (Å²) in [5, 5.41) is 9.01. The van der Waals surface area contributed by atoms with Gasteiger partial charge >= 0.3 is 0 Å². The van der Waals surface area contributed by atoms with Crippen LogP contribution in [0.4, 0.5) is 0 Å². The van der Waals surface area contributed by atoms with E-state index in [-0.39, 0.29) is 12.6 Å². The lowest BCUT2D eigenvalue weighted by molar-refractivity contribution is 0.176. The first kappa shape index (κ1) is 15.2. The largest absolute Gasteiger partial charge is 0.396 e. The number of hydrogen-bond donors (Lipinski definition) is 1. The molecule has 0 rings (SSSR count). The van der Waals surface area contributed by atoms with Crippen LogP contribution in [0.15, 0.2) is 24.4 Å². The van der Waals surface area contributed by atoms with Gasteiger partial charge in [-0.3, -0.25) is 0 Å². The van der Waals surface area contributed by atoms with Crippen LogP contribution in [0.25, 0.3) is 0 Å². The van der Waals surface area contributed by atoms with E-state index in [0.717, 1.165) is 12.0 Å². The van der Waals surface area contributed by atoms with Crippen molar-refractivity contribution in [3.05, 3.63) is 24.4 Å². The fourth-order valence-corrected chi connectivity index (χ4v) is 2.05. The Bertz CT molecular complexity index is 226. The number of likely N-dealkylation sites (N-methyl/N-ethyl adjacent to an activating group) is 1. The highest BCUT2D eigenvalue weighted by Crippen LogP contribution is 2.20. The molecule has 2 atom stereocenters. The molecule has 0 aliphatic heterocycles. The summed E-state index contributed by atoms with van der Waals surface area (Å²) >= 11 is 0. The second-order valence-corrected chi connectivity index (χ2v) is 4.17. The maximum absolute atomic E-state index is 9.01. The molecule has 0 aromatic rings. The maximum atomic E-state index is 9.01. The van der Waals surface area contributed by atoms with Crippen molar-refractivity contribution in [1.82, 2.24) is 4.90 Å². The molecule has 0 saturated carbocycles. The van der Waals surface area contributed by atoms with E-state index in [0.29, 0.717) is 12.5 Å². The van der Waals surface area contributed by atoms with Crippen LogP contribution in [-0.4, -0.2) is 43.4 Å². The Morgan fingerprint density at radius 2 is 2.19 bits per heavy atom. The third-order valence-corrected chi connectivity index (χ3v) is 2.69. The first-order valence-electron chi connectivity index (χ1n) is 5.70. The average Bonchev–Trinajstić information content (AvgIpc) is 2.19. The number of aliphatic hydroxyl groups excluding tert-OH is 1. The third-order valence-electron chi connectivity index (χ3n) is 2.69. The predicted molar refractivity (Wildman–Crippen MR) is 68.2 cm³/mol. The van der Waals surface area contributed by atoms with Crippen LogP contribution < -0.4 is 0 Å². The number of rotatable bonds is 8. The molecule has 94 valence electrons. The smallest absolute Gasteiger partial charge is 0.0690 e. The summed E-state index contributed by atoms with van der Waals surface area (Å²) in [7, 11) is 3.70. The van der Waals surface area contributed by atoms with Crippen LogP contribution in [-0.2, 0) is 4.74 Å². The van der Waals surface area contributed by atoms with Gasteiger partial charge in [0, 0.05) is 20.8 Å². The summed E-state index contributed by atoms with van der Waals surface area (Å²) in [4.78, 5) is 2.13.